The molecule has 0 radical (unpaired) electrons. The molecule has 96 valence electrons. The van der Waals surface area contributed by atoms with E-state index in [-0.39, 0.29) is 6.04 Å². The lowest BCUT2D eigenvalue weighted by atomic mass is 9.95. The normalized spacial score (nSPS) is 12.6. The van der Waals surface area contributed by atoms with E-state index in [1.165, 1.54) is 16.8 Å². The van der Waals surface area contributed by atoms with Crippen molar-refractivity contribution in [3.8, 4) is 0 Å². The van der Waals surface area contributed by atoms with Gasteiger partial charge in [-0.3, -0.25) is 4.68 Å². The van der Waals surface area contributed by atoms with Crippen LogP contribution in [0.4, 0.5) is 0 Å². The third kappa shape index (κ3) is 2.79. The van der Waals surface area contributed by atoms with Crippen LogP contribution in [0, 0.1) is 0 Å². The molecule has 2 rings (SSSR count). The Kier molecular flexibility index (Phi) is 4.15. The highest BCUT2D eigenvalue weighted by Gasteiger charge is 2.10. The fraction of sp³-hybridized carbons (Fsp3) is 0.400. The zero-order valence-corrected chi connectivity index (χ0v) is 11.1. The summed E-state index contributed by atoms with van der Waals surface area (Å²) in [5.74, 6) is 0. The van der Waals surface area contributed by atoms with Crippen molar-refractivity contribution in [3.63, 3.8) is 0 Å². The van der Waals surface area contributed by atoms with Crippen LogP contribution in [0.25, 0.3) is 0 Å². The molecule has 0 bridgehead atoms. The molecular weight excluding hydrogens is 222 g/mol. The number of hydrogen-bond donors (Lipinski definition) is 1. The largest absolute Gasteiger partial charge is 0.324 e. The molecule has 1 atom stereocenters. The average molecular weight is 243 g/mol. The fourth-order valence-electron chi connectivity index (χ4n) is 2.32. The Morgan fingerprint density at radius 2 is 2.06 bits per heavy atom. The summed E-state index contributed by atoms with van der Waals surface area (Å²) < 4.78 is 1.92. The number of hydrogen-bond acceptors (Lipinski definition) is 2. The quantitative estimate of drug-likeness (QED) is 0.877. The Morgan fingerprint density at radius 1 is 1.28 bits per heavy atom. The zero-order chi connectivity index (χ0) is 13.0. The molecule has 0 saturated heterocycles. The summed E-state index contributed by atoms with van der Waals surface area (Å²) >= 11 is 0. The van der Waals surface area contributed by atoms with Crippen LogP contribution in [0.2, 0.25) is 0 Å². The van der Waals surface area contributed by atoms with Gasteiger partial charge in [-0.05, 0) is 36.5 Å². The van der Waals surface area contributed by atoms with E-state index >= 15 is 0 Å². The summed E-state index contributed by atoms with van der Waals surface area (Å²) in [6, 6.07) is 10.6. The van der Waals surface area contributed by atoms with Gasteiger partial charge in [0.15, 0.2) is 0 Å². The van der Waals surface area contributed by atoms with E-state index in [4.69, 9.17) is 5.73 Å². The molecule has 0 aliphatic heterocycles. The van der Waals surface area contributed by atoms with E-state index in [0.717, 1.165) is 19.3 Å². The summed E-state index contributed by atoms with van der Waals surface area (Å²) in [5, 5.41) is 4.18. The van der Waals surface area contributed by atoms with Gasteiger partial charge in [-0.15, -0.1) is 0 Å². The van der Waals surface area contributed by atoms with Gasteiger partial charge in [-0.1, -0.05) is 31.2 Å². The smallest absolute Gasteiger partial charge is 0.0492 e. The van der Waals surface area contributed by atoms with Crippen LogP contribution in [-0.4, -0.2) is 9.78 Å². The van der Waals surface area contributed by atoms with Gasteiger partial charge in [-0.2, -0.15) is 5.10 Å². The minimum atomic E-state index is 0.107. The van der Waals surface area contributed by atoms with Crippen molar-refractivity contribution in [2.75, 3.05) is 0 Å². The zero-order valence-electron chi connectivity index (χ0n) is 11.1. The molecule has 1 aromatic heterocycles. The Bertz CT molecular complexity index is 502. The third-order valence-electron chi connectivity index (χ3n) is 3.47. The molecule has 3 nitrogen and oxygen atoms in total. The summed E-state index contributed by atoms with van der Waals surface area (Å²) in [5.41, 5.74) is 10.2. The van der Waals surface area contributed by atoms with Crippen molar-refractivity contribution >= 4 is 0 Å². The van der Waals surface area contributed by atoms with Crippen LogP contribution in [0.5, 0.6) is 0 Å². The van der Waals surface area contributed by atoms with Crippen LogP contribution >= 0.6 is 0 Å². The second kappa shape index (κ2) is 5.83. The predicted octanol–water partition coefficient (Wildman–Crippen LogP) is 2.62. The van der Waals surface area contributed by atoms with Crippen LogP contribution < -0.4 is 5.73 Å². The molecule has 0 aliphatic rings. The lowest BCUT2D eigenvalue weighted by Crippen LogP contribution is -2.14. The van der Waals surface area contributed by atoms with Crippen LogP contribution in [-0.2, 0) is 19.9 Å². The summed E-state index contributed by atoms with van der Waals surface area (Å²) in [6.07, 6.45) is 4.79. The Hall–Kier alpha value is -1.61. The van der Waals surface area contributed by atoms with E-state index in [2.05, 4.69) is 42.4 Å². The molecule has 0 fully saturated rings. The third-order valence-corrected chi connectivity index (χ3v) is 3.47. The molecule has 2 aromatic rings. The van der Waals surface area contributed by atoms with Gasteiger partial charge in [0.25, 0.3) is 0 Å². The van der Waals surface area contributed by atoms with Gasteiger partial charge >= 0.3 is 0 Å². The molecule has 1 unspecified atom stereocenters. The van der Waals surface area contributed by atoms with Gasteiger partial charge in [0, 0.05) is 25.0 Å². The van der Waals surface area contributed by atoms with Gasteiger partial charge in [-0.25, -0.2) is 0 Å². The van der Waals surface area contributed by atoms with Crippen molar-refractivity contribution in [2.45, 2.75) is 32.2 Å². The second-order valence-electron chi connectivity index (χ2n) is 4.64. The number of nitrogens with zero attached hydrogens (tertiary/aromatic N) is 2. The fourth-order valence-corrected chi connectivity index (χ4v) is 2.32. The Balaban J connectivity index is 2.03. The predicted molar refractivity (Wildman–Crippen MR) is 74.3 cm³/mol. The van der Waals surface area contributed by atoms with Gasteiger partial charge in [0.2, 0.25) is 0 Å². The van der Waals surface area contributed by atoms with E-state index < -0.39 is 0 Å². The molecule has 0 saturated carbocycles. The maximum Gasteiger partial charge on any atom is 0.0492 e. The average Bonchev–Trinajstić information content (AvgIpc) is 2.81. The van der Waals surface area contributed by atoms with Gasteiger partial charge in [0.05, 0.1) is 0 Å². The Labute approximate surface area is 109 Å². The molecular formula is C15H21N3. The van der Waals surface area contributed by atoms with E-state index in [9.17, 15) is 0 Å². The molecule has 3 heteroatoms. The van der Waals surface area contributed by atoms with Crippen molar-refractivity contribution in [2.24, 2.45) is 12.8 Å². The molecule has 0 amide bonds. The first-order valence-corrected chi connectivity index (χ1v) is 6.52. The first kappa shape index (κ1) is 12.8. The van der Waals surface area contributed by atoms with Crippen molar-refractivity contribution in [1.29, 1.82) is 0 Å². The lowest BCUT2D eigenvalue weighted by Gasteiger charge is -2.15. The minimum absolute atomic E-state index is 0.107. The minimum Gasteiger partial charge on any atom is -0.324 e. The van der Waals surface area contributed by atoms with Crippen LogP contribution in [0.15, 0.2) is 36.5 Å². The maximum absolute atomic E-state index is 6.31. The molecule has 18 heavy (non-hydrogen) atoms. The van der Waals surface area contributed by atoms with Crippen molar-refractivity contribution < 1.29 is 0 Å². The summed E-state index contributed by atoms with van der Waals surface area (Å²) in [4.78, 5) is 0. The van der Waals surface area contributed by atoms with Crippen molar-refractivity contribution in [1.82, 2.24) is 9.78 Å². The lowest BCUT2D eigenvalue weighted by molar-refractivity contribution is 0.610. The van der Waals surface area contributed by atoms with Gasteiger partial charge in [0.1, 0.15) is 0 Å². The number of nitrogens with two attached hydrogens (primary N) is 1. The first-order valence-electron chi connectivity index (χ1n) is 6.52. The topological polar surface area (TPSA) is 43.8 Å². The van der Waals surface area contributed by atoms with Crippen LogP contribution in [0.1, 0.15) is 36.2 Å². The van der Waals surface area contributed by atoms with Crippen LogP contribution in [0.3, 0.4) is 0 Å². The number of aryl methyl sites for hydroxylation is 3. The standard InChI is InChI=1S/C15H21N3/c1-3-12-6-4-5-7-14(12)15(16)9-8-13-10-11-17-18(13)2/h4-7,10-11,15H,3,8-9,16H2,1-2H3. The maximum atomic E-state index is 6.31. The molecule has 1 heterocycles. The number of rotatable bonds is 5. The van der Waals surface area contributed by atoms with E-state index in [1.54, 1.807) is 0 Å². The van der Waals surface area contributed by atoms with E-state index in [1.807, 2.05) is 17.9 Å². The van der Waals surface area contributed by atoms with Crippen molar-refractivity contribution in [3.05, 3.63) is 53.3 Å². The number of benzene rings is 1. The SMILES string of the molecule is CCc1ccccc1C(N)CCc1ccnn1C. The summed E-state index contributed by atoms with van der Waals surface area (Å²) in [7, 11) is 1.97. The Morgan fingerprint density at radius 3 is 2.72 bits per heavy atom. The molecule has 1 aromatic carbocycles. The highest BCUT2D eigenvalue weighted by molar-refractivity contribution is 5.29. The first-order chi connectivity index (χ1) is 8.72. The highest BCUT2D eigenvalue weighted by atomic mass is 15.2. The van der Waals surface area contributed by atoms with E-state index in [0.29, 0.717) is 0 Å². The molecule has 0 spiro atoms. The number of aromatic nitrogens is 2. The molecule has 2 N–H and O–H groups in total. The van der Waals surface area contributed by atoms with Gasteiger partial charge < -0.3 is 5.73 Å². The second-order valence-corrected chi connectivity index (χ2v) is 4.64. The monoisotopic (exact) mass is 243 g/mol. The highest BCUT2D eigenvalue weighted by Crippen LogP contribution is 2.20. The summed E-state index contributed by atoms with van der Waals surface area (Å²) in [6.45, 7) is 2.17. The molecule has 0 aliphatic carbocycles.